The Morgan fingerprint density at radius 1 is 1.07 bits per heavy atom. The molecule has 2 atom stereocenters. The summed E-state index contributed by atoms with van der Waals surface area (Å²) in [6.07, 6.45) is 1.73. The number of hydrogen-bond acceptors (Lipinski definition) is 5. The topological polar surface area (TPSA) is 73.8 Å². The number of aryl methyl sites for hydroxylation is 1. The fourth-order valence-corrected chi connectivity index (χ4v) is 4.32. The van der Waals surface area contributed by atoms with Gasteiger partial charge in [0.2, 0.25) is 0 Å². The molecule has 30 heavy (non-hydrogen) atoms. The van der Waals surface area contributed by atoms with Gasteiger partial charge >= 0.3 is 0 Å². The maximum atomic E-state index is 15.1. The molecule has 0 aliphatic carbocycles. The third kappa shape index (κ3) is 3.24. The average Bonchev–Trinajstić information content (AvgIpc) is 3.24. The molecule has 1 fully saturated rings. The van der Waals surface area contributed by atoms with Gasteiger partial charge in [0.15, 0.2) is 11.6 Å². The Kier molecular flexibility index (Phi) is 4.35. The van der Waals surface area contributed by atoms with Crippen LogP contribution in [0.3, 0.4) is 0 Å². The van der Waals surface area contributed by atoms with Crippen LogP contribution in [-0.2, 0) is 7.05 Å². The highest BCUT2D eigenvalue weighted by Crippen LogP contribution is 2.32. The van der Waals surface area contributed by atoms with Crippen molar-refractivity contribution in [2.24, 2.45) is 7.05 Å². The number of nitrogens with zero attached hydrogens (tertiary/aromatic N) is 4. The molecule has 156 valence electrons. The van der Waals surface area contributed by atoms with E-state index in [1.54, 1.807) is 30.1 Å². The van der Waals surface area contributed by atoms with Crippen molar-refractivity contribution in [2.45, 2.75) is 25.9 Å². The first-order chi connectivity index (χ1) is 14.4. The van der Waals surface area contributed by atoms with Crippen LogP contribution in [0.2, 0.25) is 0 Å². The molecule has 0 bridgehead atoms. The van der Waals surface area contributed by atoms with Crippen LogP contribution in [0.15, 0.2) is 30.5 Å². The summed E-state index contributed by atoms with van der Waals surface area (Å²) in [5, 5.41) is 18.8. The van der Waals surface area contributed by atoms with E-state index < -0.39 is 5.82 Å². The Bertz CT molecular complexity index is 1240. The lowest BCUT2D eigenvalue weighted by molar-refractivity contribution is 0.407. The molecule has 1 saturated heterocycles. The smallest absolute Gasteiger partial charge is 0.163 e. The fourth-order valence-electron chi connectivity index (χ4n) is 4.32. The number of rotatable bonds is 3. The summed E-state index contributed by atoms with van der Waals surface area (Å²) in [7, 11) is 1.74. The molecule has 3 heterocycles. The minimum Gasteiger partial charge on any atom is -0.368 e. The normalized spacial score (nSPS) is 19.7. The number of benzene rings is 2. The van der Waals surface area contributed by atoms with Gasteiger partial charge in [0.1, 0.15) is 11.3 Å². The third-order valence-corrected chi connectivity index (χ3v) is 5.46. The van der Waals surface area contributed by atoms with Crippen molar-refractivity contribution in [1.29, 1.82) is 0 Å². The molecule has 1 aliphatic rings. The minimum absolute atomic E-state index is 0.297. The predicted octanol–water partition coefficient (Wildman–Crippen LogP) is 3.66. The quantitative estimate of drug-likeness (QED) is 0.480. The number of anilines is 3. The Morgan fingerprint density at radius 2 is 1.83 bits per heavy atom. The van der Waals surface area contributed by atoms with Crippen LogP contribution < -0.4 is 15.5 Å². The van der Waals surface area contributed by atoms with Crippen LogP contribution in [0.5, 0.6) is 0 Å². The molecule has 7 nitrogen and oxygen atoms in total. The number of H-pyrrole nitrogens is 1. The fraction of sp³-hybridized carbons (Fsp3) is 0.333. The van der Waals surface area contributed by atoms with E-state index in [1.165, 1.54) is 6.07 Å². The van der Waals surface area contributed by atoms with E-state index in [0.29, 0.717) is 45.4 Å². The van der Waals surface area contributed by atoms with Gasteiger partial charge in [0.25, 0.3) is 0 Å². The molecule has 3 N–H and O–H groups in total. The first kappa shape index (κ1) is 18.8. The molecule has 2 aromatic carbocycles. The third-order valence-electron chi connectivity index (χ3n) is 5.46. The summed E-state index contributed by atoms with van der Waals surface area (Å²) >= 11 is 0. The zero-order chi connectivity index (χ0) is 21.0. The maximum absolute atomic E-state index is 15.1. The molecule has 1 aliphatic heterocycles. The summed E-state index contributed by atoms with van der Waals surface area (Å²) in [6.45, 7) is 5.85. The van der Waals surface area contributed by atoms with Crippen LogP contribution in [0.1, 0.15) is 13.8 Å². The summed E-state index contributed by atoms with van der Waals surface area (Å²) in [4.78, 5) is 2.17. The molecule has 0 spiro atoms. The van der Waals surface area contributed by atoms with Gasteiger partial charge in [0.05, 0.1) is 10.9 Å². The second-order valence-electron chi connectivity index (χ2n) is 8.12. The number of aromatic amines is 1. The van der Waals surface area contributed by atoms with Gasteiger partial charge in [-0.05, 0) is 38.1 Å². The van der Waals surface area contributed by atoms with Crippen molar-refractivity contribution in [3.63, 3.8) is 0 Å². The van der Waals surface area contributed by atoms with Gasteiger partial charge < -0.3 is 15.5 Å². The molecule has 0 radical (unpaired) electrons. The average molecular weight is 411 g/mol. The van der Waals surface area contributed by atoms with Gasteiger partial charge in [-0.15, -0.1) is 0 Å². The van der Waals surface area contributed by atoms with Crippen LogP contribution in [0, 0.1) is 11.6 Å². The van der Waals surface area contributed by atoms with Gasteiger partial charge in [-0.1, -0.05) is 0 Å². The first-order valence-electron chi connectivity index (χ1n) is 9.96. The van der Waals surface area contributed by atoms with Gasteiger partial charge in [-0.25, -0.2) is 8.78 Å². The number of nitrogens with one attached hydrogen (secondary N) is 3. The Balaban J connectivity index is 1.49. The Hall–Kier alpha value is -3.20. The minimum atomic E-state index is -0.444. The number of fused-ring (bicyclic) bond motifs is 2. The summed E-state index contributed by atoms with van der Waals surface area (Å²) in [5.41, 5.74) is 2.19. The second-order valence-corrected chi connectivity index (χ2v) is 8.12. The SMILES string of the molecule is C[C@@H]1CN(c2cc(F)c3c(Nc4cc(F)c5nn(C)cc5c4)n[nH]c3c2)C[C@H](C)N1. The van der Waals surface area contributed by atoms with Crippen molar-refractivity contribution in [3.05, 3.63) is 42.1 Å². The lowest BCUT2D eigenvalue weighted by Crippen LogP contribution is -2.54. The predicted molar refractivity (Wildman–Crippen MR) is 114 cm³/mol. The standard InChI is InChI=1S/C21H23F2N7/c1-11-8-30(9-12(2)24-11)15-6-16(22)19-18(7-15)26-27-21(19)25-14-4-13-10-29(3)28-20(13)17(23)5-14/h4-7,10-12,24H,8-9H2,1-3H3,(H2,25,26,27)/t11-,12+. The van der Waals surface area contributed by atoms with Crippen LogP contribution in [0.25, 0.3) is 21.8 Å². The van der Waals surface area contributed by atoms with E-state index in [9.17, 15) is 4.39 Å². The molecule has 9 heteroatoms. The molecular weight excluding hydrogens is 388 g/mol. The van der Waals surface area contributed by atoms with Crippen molar-refractivity contribution >= 4 is 39.0 Å². The van der Waals surface area contributed by atoms with Gasteiger partial charge in [-0.2, -0.15) is 10.2 Å². The van der Waals surface area contributed by atoms with E-state index in [0.717, 1.165) is 18.8 Å². The maximum Gasteiger partial charge on any atom is 0.163 e. The Labute approximate surface area is 172 Å². The van der Waals surface area contributed by atoms with Crippen LogP contribution in [0.4, 0.5) is 26.0 Å². The van der Waals surface area contributed by atoms with E-state index in [1.807, 2.05) is 6.07 Å². The van der Waals surface area contributed by atoms with E-state index in [4.69, 9.17) is 0 Å². The van der Waals surface area contributed by atoms with E-state index in [-0.39, 0.29) is 5.82 Å². The zero-order valence-corrected chi connectivity index (χ0v) is 17.0. The molecule has 0 amide bonds. The zero-order valence-electron chi connectivity index (χ0n) is 17.0. The van der Waals surface area contributed by atoms with Crippen molar-refractivity contribution < 1.29 is 8.78 Å². The molecular formula is C21H23F2N7. The summed E-state index contributed by atoms with van der Waals surface area (Å²) in [6, 6.07) is 7.20. The van der Waals surface area contributed by atoms with Crippen molar-refractivity contribution in [3.8, 4) is 0 Å². The first-order valence-corrected chi connectivity index (χ1v) is 9.96. The molecule has 4 aromatic rings. The molecule has 0 saturated carbocycles. The van der Waals surface area contributed by atoms with Crippen molar-refractivity contribution in [2.75, 3.05) is 23.3 Å². The Morgan fingerprint density at radius 3 is 2.60 bits per heavy atom. The summed E-state index contributed by atoms with van der Waals surface area (Å²) in [5.74, 6) is -0.501. The lowest BCUT2D eigenvalue weighted by Gasteiger charge is -2.37. The highest BCUT2D eigenvalue weighted by molar-refractivity contribution is 5.95. The largest absolute Gasteiger partial charge is 0.368 e. The van der Waals surface area contributed by atoms with Crippen LogP contribution >= 0.6 is 0 Å². The highest BCUT2D eigenvalue weighted by Gasteiger charge is 2.23. The number of hydrogen-bond donors (Lipinski definition) is 3. The van der Waals surface area contributed by atoms with Gasteiger partial charge in [-0.3, -0.25) is 9.78 Å². The summed E-state index contributed by atoms with van der Waals surface area (Å²) < 4.78 is 31.0. The van der Waals surface area contributed by atoms with E-state index >= 15 is 4.39 Å². The molecule has 0 unspecified atom stereocenters. The number of piperazine rings is 1. The lowest BCUT2D eigenvalue weighted by atomic mass is 10.1. The monoisotopic (exact) mass is 411 g/mol. The highest BCUT2D eigenvalue weighted by atomic mass is 19.1. The van der Waals surface area contributed by atoms with E-state index in [2.05, 4.69) is 44.7 Å². The number of aromatic nitrogens is 4. The van der Waals surface area contributed by atoms with Gasteiger partial charge in [0, 0.05) is 55.2 Å². The van der Waals surface area contributed by atoms with Crippen molar-refractivity contribution in [1.82, 2.24) is 25.3 Å². The second kappa shape index (κ2) is 6.94. The molecule has 2 aromatic heterocycles. The molecule has 5 rings (SSSR count). The van der Waals surface area contributed by atoms with Crippen LogP contribution in [-0.4, -0.2) is 45.2 Å². The number of halogens is 2.